The Morgan fingerprint density at radius 3 is 2.56 bits per heavy atom. The number of carbonyl (C=O) groups is 1. The van der Waals surface area contributed by atoms with Crippen LogP contribution in [0.25, 0.3) is 0 Å². The number of carbonyl (C=O) groups excluding carboxylic acids is 1. The van der Waals surface area contributed by atoms with Crippen molar-refractivity contribution in [2.45, 2.75) is 64.2 Å². The predicted octanol–water partition coefficient (Wildman–Crippen LogP) is 3.11. The van der Waals surface area contributed by atoms with E-state index in [4.69, 9.17) is 0 Å². The quantitative estimate of drug-likeness (QED) is 0.805. The third-order valence-corrected chi connectivity index (χ3v) is 5.21. The van der Waals surface area contributed by atoms with Crippen molar-refractivity contribution in [3.05, 3.63) is 0 Å². The van der Waals surface area contributed by atoms with E-state index in [0.717, 1.165) is 18.6 Å². The minimum atomic E-state index is -0.823. The molecule has 4 heteroatoms. The van der Waals surface area contributed by atoms with Gasteiger partial charge in [0.15, 0.2) is 0 Å². The van der Waals surface area contributed by atoms with Gasteiger partial charge in [0.25, 0.3) is 0 Å². The van der Waals surface area contributed by atoms with Crippen molar-refractivity contribution < 1.29 is 4.79 Å². The van der Waals surface area contributed by atoms with Gasteiger partial charge in [0.2, 0.25) is 5.91 Å². The summed E-state index contributed by atoms with van der Waals surface area (Å²) in [7, 11) is 0. The zero-order valence-electron chi connectivity index (χ0n) is 11.7. The van der Waals surface area contributed by atoms with Gasteiger partial charge in [0.05, 0.1) is 6.07 Å². The van der Waals surface area contributed by atoms with Gasteiger partial charge in [-0.3, -0.25) is 4.79 Å². The van der Waals surface area contributed by atoms with Crippen LogP contribution in [0.5, 0.6) is 0 Å². The predicted molar refractivity (Wildman–Crippen MR) is 76.3 cm³/mol. The van der Waals surface area contributed by atoms with E-state index in [9.17, 15) is 10.1 Å². The molecular formula is C14H24N2OS. The molecule has 1 saturated carbocycles. The molecule has 0 aromatic heterocycles. The molecule has 0 aromatic rings. The van der Waals surface area contributed by atoms with Gasteiger partial charge >= 0.3 is 0 Å². The first-order valence-electron chi connectivity index (χ1n) is 6.95. The Morgan fingerprint density at radius 2 is 2.06 bits per heavy atom. The van der Waals surface area contributed by atoms with Crippen LogP contribution in [0, 0.1) is 16.7 Å². The highest BCUT2D eigenvalue weighted by atomic mass is 32.2. The monoisotopic (exact) mass is 268 g/mol. The first kappa shape index (κ1) is 15.4. The number of nitrogens with one attached hydrogen (secondary N) is 1. The van der Waals surface area contributed by atoms with Crippen molar-refractivity contribution in [1.82, 2.24) is 5.32 Å². The zero-order chi connectivity index (χ0) is 13.6. The summed E-state index contributed by atoms with van der Waals surface area (Å²) in [6.07, 6.45) is 4.47. The fourth-order valence-corrected chi connectivity index (χ4v) is 3.70. The Hall–Kier alpha value is -0.690. The molecular weight excluding hydrogens is 244 g/mol. The average molecular weight is 268 g/mol. The Labute approximate surface area is 115 Å². The summed E-state index contributed by atoms with van der Waals surface area (Å²) >= 11 is 1.98. The minimum absolute atomic E-state index is 0.0675. The van der Waals surface area contributed by atoms with Crippen LogP contribution in [0.2, 0.25) is 0 Å². The fourth-order valence-electron chi connectivity index (χ4n) is 2.56. The lowest BCUT2D eigenvalue weighted by Gasteiger charge is -2.24. The topological polar surface area (TPSA) is 52.9 Å². The molecule has 3 nitrogen and oxygen atoms in total. The van der Waals surface area contributed by atoms with E-state index >= 15 is 0 Å². The number of hydrogen-bond donors (Lipinski definition) is 1. The van der Waals surface area contributed by atoms with Crippen LogP contribution in [0.3, 0.4) is 0 Å². The number of rotatable bonds is 6. The first-order valence-corrected chi connectivity index (χ1v) is 8.00. The number of thioether (sulfide) groups is 1. The minimum Gasteiger partial charge on any atom is -0.352 e. The van der Waals surface area contributed by atoms with Crippen molar-refractivity contribution in [3.63, 3.8) is 0 Å². The molecule has 2 unspecified atom stereocenters. The molecule has 1 aliphatic rings. The van der Waals surface area contributed by atoms with Crippen LogP contribution in [-0.2, 0) is 4.79 Å². The van der Waals surface area contributed by atoms with Crippen LogP contribution in [0.4, 0.5) is 0 Å². The second-order valence-corrected chi connectivity index (χ2v) is 6.54. The second kappa shape index (κ2) is 7.04. The maximum atomic E-state index is 12.2. The number of hydrogen-bond acceptors (Lipinski definition) is 3. The maximum Gasteiger partial charge on any atom is 0.240 e. The van der Waals surface area contributed by atoms with Gasteiger partial charge in [0, 0.05) is 11.3 Å². The van der Waals surface area contributed by atoms with Gasteiger partial charge in [0.1, 0.15) is 5.41 Å². The summed E-state index contributed by atoms with van der Waals surface area (Å²) in [6, 6.07) is 2.48. The van der Waals surface area contributed by atoms with Gasteiger partial charge in [-0.2, -0.15) is 17.0 Å². The molecule has 0 bridgehead atoms. The lowest BCUT2D eigenvalue weighted by molar-refractivity contribution is -0.129. The zero-order valence-corrected chi connectivity index (χ0v) is 12.5. The molecule has 1 aliphatic carbocycles. The molecule has 102 valence electrons. The molecule has 0 radical (unpaired) electrons. The summed E-state index contributed by atoms with van der Waals surface area (Å²) in [5.41, 5.74) is -0.823. The highest BCUT2D eigenvalue weighted by molar-refractivity contribution is 7.99. The standard InChI is InChI=1S/C14H24N2OS/c1-4-14(5-2,10-15)13(17)16-11-7-8-12(9-11)18-6-3/h11-12H,4-9H2,1-3H3,(H,16,17). The highest BCUT2D eigenvalue weighted by Crippen LogP contribution is 2.31. The summed E-state index contributed by atoms with van der Waals surface area (Å²) in [5.74, 6) is 1.07. The van der Waals surface area contributed by atoms with E-state index in [1.807, 2.05) is 25.6 Å². The molecule has 1 fully saturated rings. The van der Waals surface area contributed by atoms with E-state index < -0.39 is 5.41 Å². The average Bonchev–Trinajstić information content (AvgIpc) is 2.80. The van der Waals surface area contributed by atoms with Crippen molar-refractivity contribution >= 4 is 17.7 Å². The molecule has 18 heavy (non-hydrogen) atoms. The molecule has 1 rings (SSSR count). The molecule has 0 aromatic carbocycles. The van der Waals surface area contributed by atoms with Gasteiger partial charge < -0.3 is 5.32 Å². The molecule has 0 aliphatic heterocycles. The number of nitriles is 1. The van der Waals surface area contributed by atoms with Crippen LogP contribution >= 0.6 is 11.8 Å². The second-order valence-electron chi connectivity index (χ2n) is 4.96. The lowest BCUT2D eigenvalue weighted by atomic mass is 9.83. The van der Waals surface area contributed by atoms with Gasteiger partial charge in [-0.1, -0.05) is 20.8 Å². The van der Waals surface area contributed by atoms with Crippen LogP contribution in [0.1, 0.15) is 52.9 Å². The van der Waals surface area contributed by atoms with Crippen LogP contribution in [-0.4, -0.2) is 23.0 Å². The van der Waals surface area contributed by atoms with E-state index in [1.54, 1.807) is 0 Å². The number of nitrogens with zero attached hydrogens (tertiary/aromatic N) is 1. The smallest absolute Gasteiger partial charge is 0.240 e. The Balaban J connectivity index is 2.53. The molecule has 2 atom stereocenters. The maximum absolute atomic E-state index is 12.2. The van der Waals surface area contributed by atoms with Crippen molar-refractivity contribution in [3.8, 4) is 6.07 Å². The highest BCUT2D eigenvalue weighted by Gasteiger charge is 2.37. The fraction of sp³-hybridized carbons (Fsp3) is 0.857. The van der Waals surface area contributed by atoms with Crippen molar-refractivity contribution in [2.75, 3.05) is 5.75 Å². The Morgan fingerprint density at radius 1 is 1.39 bits per heavy atom. The van der Waals surface area contributed by atoms with E-state index in [1.165, 1.54) is 6.42 Å². The molecule has 1 amide bonds. The normalized spacial score (nSPS) is 23.7. The molecule has 0 spiro atoms. The van der Waals surface area contributed by atoms with Gasteiger partial charge in [-0.05, 0) is 37.9 Å². The Kier molecular flexibility index (Phi) is 6.01. The van der Waals surface area contributed by atoms with Crippen LogP contribution < -0.4 is 5.32 Å². The van der Waals surface area contributed by atoms with Crippen LogP contribution in [0.15, 0.2) is 0 Å². The Bertz CT molecular complexity index is 320. The summed E-state index contributed by atoms with van der Waals surface area (Å²) in [4.78, 5) is 12.2. The van der Waals surface area contributed by atoms with E-state index in [2.05, 4.69) is 18.3 Å². The van der Waals surface area contributed by atoms with E-state index in [0.29, 0.717) is 18.1 Å². The summed E-state index contributed by atoms with van der Waals surface area (Å²) in [5, 5.41) is 13.0. The summed E-state index contributed by atoms with van der Waals surface area (Å²) in [6.45, 7) is 6.00. The van der Waals surface area contributed by atoms with Gasteiger partial charge in [-0.25, -0.2) is 0 Å². The largest absolute Gasteiger partial charge is 0.352 e. The third-order valence-electron chi connectivity index (χ3n) is 3.98. The third kappa shape index (κ3) is 3.41. The molecule has 0 heterocycles. The summed E-state index contributed by atoms with van der Waals surface area (Å²) < 4.78 is 0. The molecule has 1 N–H and O–H groups in total. The van der Waals surface area contributed by atoms with Gasteiger partial charge in [-0.15, -0.1) is 0 Å². The van der Waals surface area contributed by atoms with Crippen molar-refractivity contribution in [2.24, 2.45) is 5.41 Å². The molecule has 0 saturated heterocycles. The lowest BCUT2D eigenvalue weighted by Crippen LogP contribution is -2.43. The first-order chi connectivity index (χ1) is 8.61. The van der Waals surface area contributed by atoms with Crippen molar-refractivity contribution in [1.29, 1.82) is 5.26 Å². The van der Waals surface area contributed by atoms with E-state index in [-0.39, 0.29) is 11.9 Å². The SMILES string of the molecule is CCSC1CCC(NC(=O)C(C#N)(CC)CC)C1. The number of amides is 1.